The summed E-state index contributed by atoms with van der Waals surface area (Å²) in [6, 6.07) is 2.83. The van der Waals surface area contributed by atoms with E-state index >= 15 is 0 Å². The molecule has 18 heavy (non-hydrogen) atoms. The van der Waals surface area contributed by atoms with Gasteiger partial charge in [0.15, 0.2) is 0 Å². The lowest BCUT2D eigenvalue weighted by atomic mass is 10.1. The summed E-state index contributed by atoms with van der Waals surface area (Å²) in [4.78, 5) is 13.7. The zero-order valence-electron chi connectivity index (χ0n) is 10.5. The highest BCUT2D eigenvalue weighted by Gasteiger charge is 2.35. The molecule has 2 fully saturated rings. The fourth-order valence-corrected chi connectivity index (χ4v) is 3.41. The number of nitrogen functional groups attached to an aromatic ring is 1. The molecule has 3 heterocycles. The van der Waals surface area contributed by atoms with Crippen LogP contribution in [0.15, 0.2) is 10.7 Å². The molecule has 2 aliphatic heterocycles. The molecule has 0 spiro atoms. The quantitative estimate of drug-likeness (QED) is 0.796. The summed E-state index contributed by atoms with van der Waals surface area (Å²) < 4.78 is 0.756. The lowest BCUT2D eigenvalue weighted by Crippen LogP contribution is -2.55. The molecule has 0 saturated carbocycles. The van der Waals surface area contributed by atoms with E-state index in [-0.39, 0.29) is 0 Å². The number of aromatic nitrogens is 2. The van der Waals surface area contributed by atoms with Crippen molar-refractivity contribution >= 4 is 27.7 Å². The van der Waals surface area contributed by atoms with Crippen LogP contribution in [-0.2, 0) is 0 Å². The van der Waals surface area contributed by atoms with Crippen molar-refractivity contribution in [3.63, 3.8) is 0 Å². The van der Waals surface area contributed by atoms with Crippen molar-refractivity contribution in [1.29, 1.82) is 0 Å². The third-order valence-corrected chi connectivity index (χ3v) is 4.30. The van der Waals surface area contributed by atoms with E-state index in [1.54, 1.807) is 6.07 Å². The molecule has 5 nitrogen and oxygen atoms in total. The summed E-state index contributed by atoms with van der Waals surface area (Å²) in [6.07, 6.45) is 2.60. The van der Waals surface area contributed by atoms with Gasteiger partial charge in [-0.2, -0.15) is 4.98 Å². The summed E-state index contributed by atoms with van der Waals surface area (Å²) >= 11 is 3.39. The maximum atomic E-state index is 5.80. The Bertz CT molecular complexity index is 432. The van der Waals surface area contributed by atoms with Gasteiger partial charge in [-0.3, -0.25) is 4.90 Å². The summed E-state index contributed by atoms with van der Waals surface area (Å²) in [7, 11) is 0. The zero-order chi connectivity index (χ0) is 12.7. The topological polar surface area (TPSA) is 58.3 Å². The van der Waals surface area contributed by atoms with E-state index in [4.69, 9.17) is 5.73 Å². The van der Waals surface area contributed by atoms with Crippen LogP contribution in [0.2, 0.25) is 0 Å². The molecule has 98 valence electrons. The molecule has 2 N–H and O–H groups in total. The Morgan fingerprint density at radius 1 is 1.39 bits per heavy atom. The monoisotopic (exact) mass is 311 g/mol. The zero-order valence-corrected chi connectivity index (χ0v) is 12.1. The Kier molecular flexibility index (Phi) is 3.15. The first-order valence-corrected chi connectivity index (χ1v) is 7.23. The van der Waals surface area contributed by atoms with E-state index in [1.807, 2.05) is 0 Å². The molecular weight excluding hydrogens is 294 g/mol. The minimum Gasteiger partial charge on any atom is -0.383 e. The first-order chi connectivity index (χ1) is 8.63. The van der Waals surface area contributed by atoms with Crippen LogP contribution < -0.4 is 10.6 Å². The molecule has 1 aromatic rings. The highest BCUT2D eigenvalue weighted by molar-refractivity contribution is 9.10. The number of fused-ring (bicyclic) bond motifs is 1. The standard InChI is InChI=1S/C12H18BrN5/c1-8-6-17-4-2-3-9(17)7-18(8)12-15-10(13)5-11(14)16-12/h5,8-9H,2-4,6-7H2,1H3,(H2,14,15,16). The van der Waals surface area contributed by atoms with Crippen LogP contribution in [0.3, 0.4) is 0 Å². The number of nitrogens with two attached hydrogens (primary N) is 1. The van der Waals surface area contributed by atoms with Gasteiger partial charge >= 0.3 is 0 Å². The normalized spacial score (nSPS) is 28.4. The number of halogens is 1. The summed E-state index contributed by atoms with van der Waals surface area (Å²) in [6.45, 7) is 5.58. The summed E-state index contributed by atoms with van der Waals surface area (Å²) in [5, 5.41) is 0. The summed E-state index contributed by atoms with van der Waals surface area (Å²) in [5.41, 5.74) is 5.80. The first-order valence-electron chi connectivity index (χ1n) is 6.44. The molecule has 3 rings (SSSR count). The predicted octanol–water partition coefficient (Wildman–Crippen LogP) is 1.49. The molecule has 1 aromatic heterocycles. The average Bonchev–Trinajstić information content (AvgIpc) is 2.73. The fourth-order valence-electron chi connectivity index (χ4n) is 3.02. The highest BCUT2D eigenvalue weighted by Crippen LogP contribution is 2.27. The van der Waals surface area contributed by atoms with Gasteiger partial charge in [0.2, 0.25) is 5.95 Å². The predicted molar refractivity (Wildman–Crippen MR) is 75.5 cm³/mol. The van der Waals surface area contributed by atoms with Crippen molar-refractivity contribution in [2.45, 2.75) is 31.8 Å². The molecule has 2 atom stereocenters. The van der Waals surface area contributed by atoms with Crippen LogP contribution in [-0.4, -0.2) is 46.6 Å². The Morgan fingerprint density at radius 3 is 3.00 bits per heavy atom. The number of rotatable bonds is 1. The lowest BCUT2D eigenvalue weighted by Gasteiger charge is -2.42. The van der Waals surface area contributed by atoms with Gasteiger partial charge in [0.1, 0.15) is 10.4 Å². The van der Waals surface area contributed by atoms with Crippen LogP contribution in [0.4, 0.5) is 11.8 Å². The van der Waals surface area contributed by atoms with Crippen LogP contribution in [0.25, 0.3) is 0 Å². The third kappa shape index (κ3) is 2.19. The van der Waals surface area contributed by atoms with Crippen LogP contribution in [0.5, 0.6) is 0 Å². The molecule has 2 saturated heterocycles. The average molecular weight is 312 g/mol. The van der Waals surface area contributed by atoms with E-state index in [9.17, 15) is 0 Å². The highest BCUT2D eigenvalue weighted by atomic mass is 79.9. The van der Waals surface area contributed by atoms with Gasteiger partial charge in [-0.05, 0) is 42.2 Å². The molecule has 0 bridgehead atoms. The van der Waals surface area contributed by atoms with Gasteiger partial charge < -0.3 is 10.6 Å². The van der Waals surface area contributed by atoms with Gasteiger partial charge in [0, 0.05) is 31.2 Å². The second kappa shape index (κ2) is 4.66. The van der Waals surface area contributed by atoms with Crippen molar-refractivity contribution in [2.24, 2.45) is 0 Å². The molecule has 0 radical (unpaired) electrons. The van der Waals surface area contributed by atoms with Crippen LogP contribution >= 0.6 is 15.9 Å². The van der Waals surface area contributed by atoms with E-state index in [0.29, 0.717) is 17.9 Å². The second-order valence-corrected chi connectivity index (χ2v) is 6.02. The SMILES string of the molecule is CC1CN2CCCC2CN1c1nc(N)cc(Br)n1. The number of hydrogen-bond donors (Lipinski definition) is 1. The van der Waals surface area contributed by atoms with E-state index in [2.05, 4.69) is 42.6 Å². The Morgan fingerprint density at radius 2 is 2.22 bits per heavy atom. The molecule has 6 heteroatoms. The Balaban J connectivity index is 1.86. The van der Waals surface area contributed by atoms with Crippen molar-refractivity contribution in [3.05, 3.63) is 10.7 Å². The molecule has 0 aromatic carbocycles. The van der Waals surface area contributed by atoms with E-state index in [1.165, 1.54) is 19.4 Å². The van der Waals surface area contributed by atoms with Crippen molar-refractivity contribution in [1.82, 2.24) is 14.9 Å². The molecular formula is C12H18BrN5. The van der Waals surface area contributed by atoms with Gasteiger partial charge in [0.05, 0.1) is 0 Å². The van der Waals surface area contributed by atoms with Crippen molar-refractivity contribution in [2.75, 3.05) is 30.3 Å². The number of nitrogens with zero attached hydrogens (tertiary/aromatic N) is 4. The van der Waals surface area contributed by atoms with Crippen molar-refractivity contribution in [3.8, 4) is 0 Å². The minimum atomic E-state index is 0.438. The van der Waals surface area contributed by atoms with E-state index in [0.717, 1.165) is 23.6 Å². The van der Waals surface area contributed by atoms with Crippen molar-refractivity contribution < 1.29 is 0 Å². The number of hydrogen-bond acceptors (Lipinski definition) is 5. The van der Waals surface area contributed by atoms with Crippen LogP contribution in [0.1, 0.15) is 19.8 Å². The molecule has 0 amide bonds. The van der Waals surface area contributed by atoms with Gasteiger partial charge in [0.25, 0.3) is 0 Å². The van der Waals surface area contributed by atoms with Gasteiger partial charge in [-0.25, -0.2) is 4.98 Å². The van der Waals surface area contributed by atoms with Gasteiger partial charge in [-0.1, -0.05) is 0 Å². The van der Waals surface area contributed by atoms with E-state index < -0.39 is 0 Å². The smallest absolute Gasteiger partial charge is 0.228 e. The molecule has 2 unspecified atom stereocenters. The lowest BCUT2D eigenvalue weighted by molar-refractivity contribution is 0.201. The first kappa shape index (κ1) is 12.2. The maximum Gasteiger partial charge on any atom is 0.228 e. The Labute approximate surface area is 116 Å². The fraction of sp³-hybridized carbons (Fsp3) is 0.667. The largest absolute Gasteiger partial charge is 0.383 e. The minimum absolute atomic E-state index is 0.438. The third-order valence-electron chi connectivity index (χ3n) is 3.90. The summed E-state index contributed by atoms with van der Waals surface area (Å²) in [5.74, 6) is 1.27. The maximum absolute atomic E-state index is 5.80. The second-order valence-electron chi connectivity index (χ2n) is 5.21. The Hall–Kier alpha value is -0.880. The molecule has 2 aliphatic rings. The van der Waals surface area contributed by atoms with Gasteiger partial charge in [-0.15, -0.1) is 0 Å². The number of piperazine rings is 1. The number of anilines is 2. The molecule has 0 aliphatic carbocycles. The van der Waals surface area contributed by atoms with Crippen LogP contribution in [0, 0.1) is 0 Å².